The van der Waals surface area contributed by atoms with Crippen LogP contribution in [0.15, 0.2) is 29.0 Å². The first kappa shape index (κ1) is 13.9. The zero-order chi connectivity index (χ0) is 14.8. The molecule has 0 unspecified atom stereocenters. The molecule has 3 rings (SSSR count). The minimum absolute atomic E-state index is 0.0354. The van der Waals surface area contributed by atoms with Crippen molar-refractivity contribution in [1.29, 1.82) is 0 Å². The van der Waals surface area contributed by atoms with Gasteiger partial charge in [0.05, 0.1) is 6.04 Å². The Balaban J connectivity index is 1.68. The number of hydrogen-bond donors (Lipinski definition) is 0. The van der Waals surface area contributed by atoms with Crippen LogP contribution in [0.25, 0.3) is 0 Å². The van der Waals surface area contributed by atoms with Crippen molar-refractivity contribution in [3.8, 4) is 0 Å². The fourth-order valence-electron chi connectivity index (χ4n) is 2.90. The van der Waals surface area contributed by atoms with E-state index in [0.29, 0.717) is 18.1 Å². The second-order valence-corrected chi connectivity index (χ2v) is 5.60. The first-order valence-corrected chi connectivity index (χ1v) is 7.37. The van der Waals surface area contributed by atoms with E-state index in [9.17, 15) is 4.79 Å². The van der Waals surface area contributed by atoms with Gasteiger partial charge in [-0.25, -0.2) is 0 Å². The third-order valence-electron chi connectivity index (χ3n) is 4.02. The van der Waals surface area contributed by atoms with Gasteiger partial charge in [0.25, 0.3) is 0 Å². The highest BCUT2D eigenvalue weighted by atomic mass is 16.5. The van der Waals surface area contributed by atoms with Gasteiger partial charge in [0, 0.05) is 38.3 Å². The largest absolute Gasteiger partial charge is 0.351 e. The maximum Gasteiger partial charge on any atom is 0.225 e. The molecule has 0 radical (unpaired) electrons. The molecule has 1 aliphatic heterocycles. The number of amides is 1. The Kier molecular flexibility index (Phi) is 3.77. The number of carbonyl (C=O) groups is 1. The van der Waals surface area contributed by atoms with Crippen molar-refractivity contribution in [3.05, 3.63) is 36.2 Å². The fourth-order valence-corrected chi connectivity index (χ4v) is 2.90. The average Bonchev–Trinajstić information content (AvgIpc) is 3.19. The van der Waals surface area contributed by atoms with Crippen molar-refractivity contribution in [3.63, 3.8) is 0 Å². The summed E-state index contributed by atoms with van der Waals surface area (Å²) in [4.78, 5) is 18.7. The highest BCUT2D eigenvalue weighted by Gasteiger charge is 2.33. The normalized spacial score (nSPS) is 19.9. The quantitative estimate of drug-likeness (QED) is 0.867. The third kappa shape index (κ3) is 2.84. The van der Waals surface area contributed by atoms with Crippen LogP contribution in [0.4, 0.5) is 0 Å². The van der Waals surface area contributed by atoms with E-state index in [1.165, 1.54) is 0 Å². The Hall–Kier alpha value is -2.11. The van der Waals surface area contributed by atoms with Crippen LogP contribution in [0.5, 0.6) is 0 Å². The summed E-state index contributed by atoms with van der Waals surface area (Å²) in [6.45, 7) is 4.60. The zero-order valence-electron chi connectivity index (χ0n) is 12.4. The Morgan fingerprint density at radius 1 is 1.48 bits per heavy atom. The molecule has 0 aromatic carbocycles. The van der Waals surface area contributed by atoms with E-state index < -0.39 is 0 Å². The van der Waals surface area contributed by atoms with Crippen LogP contribution in [0.1, 0.15) is 50.0 Å². The van der Waals surface area contributed by atoms with E-state index >= 15 is 0 Å². The Labute approximate surface area is 123 Å². The van der Waals surface area contributed by atoms with Gasteiger partial charge in [0.1, 0.15) is 0 Å². The summed E-state index contributed by atoms with van der Waals surface area (Å²) in [6.07, 6.45) is 6.36. The molecule has 2 atom stereocenters. The molecule has 1 saturated heterocycles. The van der Waals surface area contributed by atoms with Crippen molar-refractivity contribution < 1.29 is 9.32 Å². The molecule has 2 aromatic rings. The lowest BCUT2D eigenvalue weighted by Crippen LogP contribution is -2.32. The van der Waals surface area contributed by atoms with Gasteiger partial charge >= 0.3 is 0 Å². The van der Waals surface area contributed by atoms with Crippen LogP contribution < -0.4 is 0 Å². The van der Waals surface area contributed by atoms with Gasteiger partial charge in [-0.1, -0.05) is 5.16 Å². The summed E-state index contributed by atoms with van der Waals surface area (Å²) in [5.74, 6) is 1.33. The first-order valence-electron chi connectivity index (χ1n) is 7.37. The average molecular weight is 288 g/mol. The van der Waals surface area contributed by atoms with E-state index in [4.69, 9.17) is 4.52 Å². The number of hydrogen-bond acceptors (Lipinski definition) is 4. The van der Waals surface area contributed by atoms with Crippen molar-refractivity contribution in [1.82, 2.24) is 19.6 Å². The molecule has 0 aliphatic carbocycles. The van der Waals surface area contributed by atoms with Crippen LogP contribution in [0, 0.1) is 6.92 Å². The number of nitrogens with zero attached hydrogens (tertiary/aromatic N) is 4. The molecule has 0 saturated carbocycles. The molecule has 0 bridgehead atoms. The van der Waals surface area contributed by atoms with Crippen LogP contribution in [-0.2, 0) is 4.79 Å². The van der Waals surface area contributed by atoms with E-state index in [0.717, 1.165) is 19.4 Å². The van der Waals surface area contributed by atoms with Gasteiger partial charge in [-0.05, 0) is 31.9 Å². The zero-order valence-corrected chi connectivity index (χ0v) is 12.4. The van der Waals surface area contributed by atoms with Crippen LogP contribution in [0.2, 0.25) is 0 Å². The maximum atomic E-state index is 12.6. The highest BCUT2D eigenvalue weighted by molar-refractivity contribution is 5.77. The lowest BCUT2D eigenvalue weighted by atomic mass is 10.1. The Morgan fingerprint density at radius 2 is 2.24 bits per heavy atom. The summed E-state index contributed by atoms with van der Waals surface area (Å²) in [5, 5.41) is 3.97. The van der Waals surface area contributed by atoms with Crippen LogP contribution in [0.3, 0.4) is 0 Å². The van der Waals surface area contributed by atoms with Gasteiger partial charge < -0.3 is 14.0 Å². The predicted molar refractivity (Wildman–Crippen MR) is 76.5 cm³/mol. The van der Waals surface area contributed by atoms with Crippen molar-refractivity contribution in [2.75, 3.05) is 6.54 Å². The molecule has 21 heavy (non-hydrogen) atoms. The van der Waals surface area contributed by atoms with E-state index in [-0.39, 0.29) is 18.0 Å². The first-order chi connectivity index (χ1) is 10.1. The molecule has 6 heteroatoms. The summed E-state index contributed by atoms with van der Waals surface area (Å²) < 4.78 is 7.10. The van der Waals surface area contributed by atoms with Crippen molar-refractivity contribution in [2.24, 2.45) is 0 Å². The maximum absolute atomic E-state index is 12.6. The van der Waals surface area contributed by atoms with Crippen LogP contribution >= 0.6 is 0 Å². The second kappa shape index (κ2) is 5.71. The molecule has 1 fully saturated rings. The molecule has 2 aromatic heterocycles. The second-order valence-electron chi connectivity index (χ2n) is 5.60. The Morgan fingerprint density at radius 3 is 2.90 bits per heavy atom. The smallest absolute Gasteiger partial charge is 0.225 e. The minimum atomic E-state index is -0.0354. The van der Waals surface area contributed by atoms with Gasteiger partial charge in [-0.3, -0.25) is 4.79 Å². The standard InChI is InChI=1S/C15H20N4O2/c1-11(18-7-3-4-8-18)10-14(20)19-9-5-6-13(19)15-16-12(2)21-17-15/h3-4,7-8,11,13H,5-6,9-10H2,1-2H3/t11-,13+/m1/s1. The molecule has 6 nitrogen and oxygen atoms in total. The molecule has 1 aliphatic rings. The number of aromatic nitrogens is 3. The molecular weight excluding hydrogens is 268 g/mol. The van der Waals surface area contributed by atoms with Crippen molar-refractivity contribution in [2.45, 2.75) is 45.2 Å². The third-order valence-corrected chi connectivity index (χ3v) is 4.02. The summed E-state index contributed by atoms with van der Waals surface area (Å²) in [7, 11) is 0. The van der Waals surface area contributed by atoms with E-state index in [1.54, 1.807) is 6.92 Å². The lowest BCUT2D eigenvalue weighted by molar-refractivity contribution is -0.133. The topological polar surface area (TPSA) is 64.2 Å². The number of rotatable bonds is 4. The molecule has 1 amide bonds. The number of carbonyl (C=O) groups excluding carboxylic acids is 1. The summed E-state index contributed by atoms with van der Waals surface area (Å²) in [5.41, 5.74) is 0. The van der Waals surface area contributed by atoms with Gasteiger partial charge in [-0.15, -0.1) is 0 Å². The van der Waals surface area contributed by atoms with E-state index in [2.05, 4.69) is 21.6 Å². The summed E-state index contributed by atoms with van der Waals surface area (Å²) in [6, 6.07) is 4.07. The molecular formula is C15H20N4O2. The minimum Gasteiger partial charge on any atom is -0.351 e. The molecule has 3 heterocycles. The summed E-state index contributed by atoms with van der Waals surface area (Å²) >= 11 is 0. The Bertz CT molecular complexity index is 605. The van der Waals surface area contributed by atoms with Gasteiger partial charge in [-0.2, -0.15) is 4.98 Å². The van der Waals surface area contributed by atoms with Gasteiger partial charge in [0.2, 0.25) is 11.8 Å². The number of aryl methyl sites for hydroxylation is 1. The molecule has 112 valence electrons. The SMILES string of the molecule is Cc1nc([C@@H]2CCCN2C(=O)C[C@@H](C)n2cccc2)no1. The highest BCUT2D eigenvalue weighted by Crippen LogP contribution is 2.31. The van der Waals surface area contributed by atoms with Crippen LogP contribution in [-0.4, -0.2) is 32.1 Å². The predicted octanol–water partition coefficient (Wildman–Crippen LogP) is 2.49. The van der Waals surface area contributed by atoms with Crippen molar-refractivity contribution >= 4 is 5.91 Å². The fraction of sp³-hybridized carbons (Fsp3) is 0.533. The molecule has 0 spiro atoms. The van der Waals surface area contributed by atoms with Gasteiger partial charge in [0.15, 0.2) is 5.82 Å². The lowest BCUT2D eigenvalue weighted by Gasteiger charge is -2.24. The molecule has 0 N–H and O–H groups in total. The van der Waals surface area contributed by atoms with E-state index in [1.807, 2.05) is 29.4 Å². The monoisotopic (exact) mass is 288 g/mol. The number of likely N-dealkylation sites (tertiary alicyclic amines) is 1.